The molecule has 2 atom stereocenters. The van der Waals surface area contributed by atoms with E-state index in [4.69, 9.17) is 4.74 Å². The van der Waals surface area contributed by atoms with Crippen molar-refractivity contribution in [2.75, 3.05) is 13.1 Å². The maximum atomic E-state index is 12.3. The summed E-state index contributed by atoms with van der Waals surface area (Å²) in [4.78, 5) is 16.6. The fourth-order valence-corrected chi connectivity index (χ4v) is 2.88. The number of aromatic nitrogens is 1. The second-order valence-corrected chi connectivity index (χ2v) is 7.45. The SMILES string of the molecule is C[C@H]1CN(C(=O)OC(C)(C)C)[C@@H](C)CN1Cc1ccn(C)c1. The van der Waals surface area contributed by atoms with E-state index in [0.29, 0.717) is 12.6 Å². The van der Waals surface area contributed by atoms with Crippen LogP contribution in [0, 0.1) is 0 Å². The van der Waals surface area contributed by atoms with E-state index in [0.717, 1.165) is 13.1 Å². The second-order valence-electron chi connectivity index (χ2n) is 7.45. The highest BCUT2D eigenvalue weighted by Gasteiger charge is 2.34. The number of aryl methyl sites for hydroxylation is 1. The first-order valence-electron chi connectivity index (χ1n) is 8.00. The minimum absolute atomic E-state index is 0.162. The van der Waals surface area contributed by atoms with Gasteiger partial charge in [-0.3, -0.25) is 4.90 Å². The van der Waals surface area contributed by atoms with E-state index in [1.807, 2.05) is 32.7 Å². The maximum absolute atomic E-state index is 12.3. The Hall–Kier alpha value is -1.49. The summed E-state index contributed by atoms with van der Waals surface area (Å²) in [5.74, 6) is 0. The van der Waals surface area contributed by atoms with Crippen LogP contribution < -0.4 is 0 Å². The largest absolute Gasteiger partial charge is 0.444 e. The molecule has 1 aromatic rings. The highest BCUT2D eigenvalue weighted by molar-refractivity contribution is 5.68. The summed E-state index contributed by atoms with van der Waals surface area (Å²) in [5, 5.41) is 0. The van der Waals surface area contributed by atoms with Gasteiger partial charge in [0.2, 0.25) is 0 Å². The van der Waals surface area contributed by atoms with Crippen LogP contribution in [-0.2, 0) is 18.3 Å². The van der Waals surface area contributed by atoms with E-state index < -0.39 is 5.60 Å². The molecule has 0 radical (unpaired) electrons. The lowest BCUT2D eigenvalue weighted by Gasteiger charge is -2.44. The first-order valence-corrected chi connectivity index (χ1v) is 8.00. The summed E-state index contributed by atoms with van der Waals surface area (Å²) in [5.41, 5.74) is 0.869. The normalized spacial score (nSPS) is 23.6. The zero-order valence-corrected chi connectivity index (χ0v) is 14.7. The molecule has 1 aromatic heterocycles. The van der Waals surface area contributed by atoms with Crippen LogP contribution in [-0.4, -0.2) is 51.2 Å². The van der Waals surface area contributed by atoms with Crippen LogP contribution in [0.4, 0.5) is 4.79 Å². The molecular formula is C17H29N3O2. The summed E-state index contributed by atoms with van der Waals surface area (Å²) in [6, 6.07) is 2.64. The van der Waals surface area contributed by atoms with E-state index in [9.17, 15) is 4.79 Å². The van der Waals surface area contributed by atoms with Crippen molar-refractivity contribution in [3.8, 4) is 0 Å². The van der Waals surface area contributed by atoms with Gasteiger partial charge >= 0.3 is 6.09 Å². The van der Waals surface area contributed by atoms with Crippen molar-refractivity contribution >= 4 is 6.09 Å². The molecule has 2 heterocycles. The minimum Gasteiger partial charge on any atom is -0.444 e. The molecular weight excluding hydrogens is 278 g/mol. The molecule has 0 aromatic carbocycles. The fourth-order valence-electron chi connectivity index (χ4n) is 2.88. The van der Waals surface area contributed by atoms with Crippen molar-refractivity contribution in [1.82, 2.24) is 14.4 Å². The van der Waals surface area contributed by atoms with E-state index in [2.05, 4.69) is 41.8 Å². The number of carbonyl (C=O) groups is 1. The third-order valence-corrected chi connectivity index (χ3v) is 4.02. The first-order chi connectivity index (χ1) is 10.2. The molecule has 2 rings (SSSR count). The van der Waals surface area contributed by atoms with Crippen LogP contribution in [0.2, 0.25) is 0 Å². The Balaban J connectivity index is 1.97. The molecule has 5 nitrogen and oxygen atoms in total. The summed E-state index contributed by atoms with van der Waals surface area (Å²) >= 11 is 0. The van der Waals surface area contributed by atoms with Gasteiger partial charge in [-0.15, -0.1) is 0 Å². The third-order valence-electron chi connectivity index (χ3n) is 4.02. The molecule has 124 valence electrons. The van der Waals surface area contributed by atoms with Crippen LogP contribution in [0.15, 0.2) is 18.5 Å². The van der Waals surface area contributed by atoms with E-state index in [1.54, 1.807) is 0 Å². The van der Waals surface area contributed by atoms with Crippen LogP contribution in [0.3, 0.4) is 0 Å². The average Bonchev–Trinajstić information content (AvgIpc) is 2.76. The molecule has 0 aliphatic carbocycles. The molecule has 22 heavy (non-hydrogen) atoms. The van der Waals surface area contributed by atoms with Crippen LogP contribution >= 0.6 is 0 Å². The van der Waals surface area contributed by atoms with Gasteiger partial charge in [0.05, 0.1) is 0 Å². The molecule has 1 fully saturated rings. The average molecular weight is 307 g/mol. The molecule has 0 spiro atoms. The second kappa shape index (κ2) is 6.32. The topological polar surface area (TPSA) is 37.7 Å². The van der Waals surface area contributed by atoms with E-state index >= 15 is 0 Å². The number of rotatable bonds is 2. The molecule has 1 aliphatic heterocycles. The van der Waals surface area contributed by atoms with Gasteiger partial charge in [-0.2, -0.15) is 0 Å². The highest BCUT2D eigenvalue weighted by Crippen LogP contribution is 2.20. The lowest BCUT2D eigenvalue weighted by molar-refractivity contribution is -0.0117. The summed E-state index contributed by atoms with van der Waals surface area (Å²) in [6.45, 7) is 12.5. The van der Waals surface area contributed by atoms with Crippen LogP contribution in [0.5, 0.6) is 0 Å². The Morgan fingerprint density at radius 1 is 1.27 bits per heavy atom. The molecule has 5 heteroatoms. The Bertz CT molecular complexity index is 518. The van der Waals surface area contributed by atoms with Crippen molar-refractivity contribution in [3.63, 3.8) is 0 Å². The molecule has 0 bridgehead atoms. The number of ether oxygens (including phenoxy) is 1. The smallest absolute Gasteiger partial charge is 0.410 e. The number of carbonyl (C=O) groups excluding carboxylic acids is 1. The number of piperazine rings is 1. The quantitative estimate of drug-likeness (QED) is 0.843. The molecule has 0 unspecified atom stereocenters. The summed E-state index contributed by atoms with van der Waals surface area (Å²) in [6.07, 6.45) is 4.02. The lowest BCUT2D eigenvalue weighted by atomic mass is 10.1. The van der Waals surface area contributed by atoms with Gasteiger partial charge in [0, 0.05) is 51.2 Å². The van der Waals surface area contributed by atoms with Crippen LogP contribution in [0.1, 0.15) is 40.2 Å². The van der Waals surface area contributed by atoms with Crippen molar-refractivity contribution in [3.05, 3.63) is 24.0 Å². The van der Waals surface area contributed by atoms with Gasteiger partial charge in [-0.1, -0.05) is 0 Å². The summed E-state index contributed by atoms with van der Waals surface area (Å²) in [7, 11) is 2.04. The predicted molar refractivity (Wildman–Crippen MR) is 87.7 cm³/mol. The highest BCUT2D eigenvalue weighted by atomic mass is 16.6. The van der Waals surface area contributed by atoms with Crippen molar-refractivity contribution in [1.29, 1.82) is 0 Å². The molecule has 0 N–H and O–H groups in total. The standard InChI is InChI=1S/C17H29N3O2/c1-13-10-20(16(21)22-17(3,4)5)14(2)9-19(13)12-15-7-8-18(6)11-15/h7-8,11,13-14H,9-10,12H2,1-6H3/t13-,14-/m0/s1. The molecule has 1 aliphatic rings. The van der Waals surface area contributed by atoms with Gasteiger partial charge in [-0.25, -0.2) is 4.79 Å². The van der Waals surface area contributed by atoms with Gasteiger partial charge in [-0.05, 0) is 46.2 Å². The van der Waals surface area contributed by atoms with E-state index in [1.165, 1.54) is 5.56 Å². The first kappa shape index (κ1) is 16.9. The van der Waals surface area contributed by atoms with Crippen LogP contribution in [0.25, 0.3) is 0 Å². The lowest BCUT2D eigenvalue weighted by Crippen LogP contribution is -2.58. The van der Waals surface area contributed by atoms with Gasteiger partial charge in [0.25, 0.3) is 0 Å². The monoisotopic (exact) mass is 307 g/mol. The van der Waals surface area contributed by atoms with Crippen molar-refractivity contribution in [2.24, 2.45) is 7.05 Å². The number of hydrogen-bond donors (Lipinski definition) is 0. The van der Waals surface area contributed by atoms with Crippen molar-refractivity contribution in [2.45, 2.75) is 58.8 Å². The van der Waals surface area contributed by atoms with Gasteiger partial charge in [0.15, 0.2) is 0 Å². The number of nitrogens with zero attached hydrogens (tertiary/aromatic N) is 3. The Labute approximate surface area is 133 Å². The zero-order valence-electron chi connectivity index (χ0n) is 14.7. The number of amides is 1. The minimum atomic E-state index is -0.443. The molecule has 0 saturated carbocycles. The van der Waals surface area contributed by atoms with E-state index in [-0.39, 0.29) is 12.1 Å². The van der Waals surface area contributed by atoms with Gasteiger partial charge < -0.3 is 14.2 Å². The molecule has 1 saturated heterocycles. The maximum Gasteiger partial charge on any atom is 0.410 e. The van der Waals surface area contributed by atoms with Crippen molar-refractivity contribution < 1.29 is 9.53 Å². The number of hydrogen-bond acceptors (Lipinski definition) is 3. The third kappa shape index (κ3) is 4.26. The Morgan fingerprint density at radius 2 is 1.95 bits per heavy atom. The fraction of sp³-hybridized carbons (Fsp3) is 0.706. The predicted octanol–water partition coefficient (Wildman–Crippen LogP) is 2.85. The Morgan fingerprint density at radius 3 is 2.50 bits per heavy atom. The molecule has 1 amide bonds. The summed E-state index contributed by atoms with van der Waals surface area (Å²) < 4.78 is 7.59. The Kier molecular flexibility index (Phi) is 4.85. The van der Waals surface area contributed by atoms with Gasteiger partial charge in [0.1, 0.15) is 5.60 Å². The zero-order chi connectivity index (χ0) is 16.5.